The molecule has 0 amide bonds. The lowest BCUT2D eigenvalue weighted by atomic mass is 10.2. The maximum atomic E-state index is 13.5. The number of aromatic nitrogens is 1. The normalized spacial score (nSPS) is 18.1. The van der Waals surface area contributed by atoms with Gasteiger partial charge in [0.15, 0.2) is 15.8 Å². The largest absolute Gasteiger partial charge is 0.439 e. The summed E-state index contributed by atoms with van der Waals surface area (Å²) in [6.45, 7) is 7.13. The predicted molar refractivity (Wildman–Crippen MR) is 115 cm³/mol. The molecule has 0 radical (unpaired) electrons. The third-order valence-corrected chi connectivity index (χ3v) is 7.47. The van der Waals surface area contributed by atoms with E-state index in [2.05, 4.69) is 15.3 Å². The van der Waals surface area contributed by atoms with Crippen LogP contribution >= 0.6 is 0 Å². The van der Waals surface area contributed by atoms with Crippen molar-refractivity contribution >= 4 is 15.8 Å². The molecule has 0 unspecified atom stereocenters. The maximum Gasteiger partial charge on any atom is 0.224 e. The highest BCUT2D eigenvalue weighted by atomic mass is 32.2. The summed E-state index contributed by atoms with van der Waals surface area (Å²) in [6.07, 6.45) is 1.60. The van der Waals surface area contributed by atoms with Crippen LogP contribution in [0, 0.1) is 5.82 Å². The van der Waals surface area contributed by atoms with E-state index in [9.17, 15) is 12.8 Å². The molecule has 0 atom stereocenters. The molecule has 1 fully saturated rings. The second kappa shape index (κ2) is 8.99. The minimum absolute atomic E-state index is 0.0885. The van der Waals surface area contributed by atoms with Gasteiger partial charge in [0.1, 0.15) is 11.6 Å². The molecule has 1 saturated heterocycles. The van der Waals surface area contributed by atoms with Crippen LogP contribution in [0.15, 0.2) is 47.6 Å². The number of halogens is 1. The minimum Gasteiger partial charge on any atom is -0.439 e. The highest BCUT2D eigenvalue weighted by Crippen LogP contribution is 2.25. The molecule has 1 aromatic carbocycles. The smallest absolute Gasteiger partial charge is 0.224 e. The number of nitrogens with one attached hydrogen (secondary N) is 1. The second-order valence-electron chi connectivity index (χ2n) is 7.70. The van der Waals surface area contributed by atoms with Crippen molar-refractivity contribution in [2.24, 2.45) is 4.99 Å². The van der Waals surface area contributed by atoms with Crippen LogP contribution in [0.3, 0.4) is 0 Å². The molecule has 3 rings (SSSR count). The lowest BCUT2D eigenvalue weighted by Crippen LogP contribution is -2.57. The quantitative estimate of drug-likeness (QED) is 0.575. The molecular formula is C21H27FN4O3S. The topological polar surface area (TPSA) is 83.9 Å². The van der Waals surface area contributed by atoms with Gasteiger partial charge in [0, 0.05) is 37.5 Å². The molecule has 1 aliphatic rings. The van der Waals surface area contributed by atoms with Gasteiger partial charge >= 0.3 is 0 Å². The minimum atomic E-state index is -3.14. The van der Waals surface area contributed by atoms with Crippen LogP contribution in [0.5, 0.6) is 11.6 Å². The van der Waals surface area contributed by atoms with E-state index in [1.807, 2.05) is 17.9 Å². The first-order valence-corrected chi connectivity index (χ1v) is 11.5. The summed E-state index contributed by atoms with van der Waals surface area (Å²) in [4.78, 5) is 10.9. The number of guanidine groups is 1. The number of hydrogen-bond donors (Lipinski definition) is 1. The standard InChI is InChI=1S/C21H27FN4O3S/c1-4-23-20(26-11-12-30(27,28)21(2,3)15-26)25-14-16-7-6-10-24-19(16)29-18-9-5-8-17(22)13-18/h5-10,13H,4,11-12,14-15H2,1-3H3,(H,23,25). The fourth-order valence-electron chi connectivity index (χ4n) is 3.19. The Morgan fingerprint density at radius 3 is 2.83 bits per heavy atom. The van der Waals surface area contributed by atoms with E-state index in [0.717, 1.165) is 5.56 Å². The van der Waals surface area contributed by atoms with Crippen molar-refractivity contribution in [3.05, 3.63) is 54.0 Å². The molecule has 0 aliphatic carbocycles. The molecule has 1 aliphatic heterocycles. The van der Waals surface area contributed by atoms with E-state index in [4.69, 9.17) is 4.74 Å². The molecule has 7 nitrogen and oxygen atoms in total. The molecule has 30 heavy (non-hydrogen) atoms. The van der Waals surface area contributed by atoms with Crippen LogP contribution < -0.4 is 10.1 Å². The first-order chi connectivity index (χ1) is 14.2. The average Bonchev–Trinajstić information content (AvgIpc) is 2.68. The van der Waals surface area contributed by atoms with Gasteiger partial charge in [-0.15, -0.1) is 0 Å². The van der Waals surface area contributed by atoms with E-state index in [-0.39, 0.29) is 18.1 Å². The first kappa shape index (κ1) is 22.0. The highest BCUT2D eigenvalue weighted by Gasteiger charge is 2.40. The third kappa shape index (κ3) is 5.08. The van der Waals surface area contributed by atoms with Gasteiger partial charge in [0.25, 0.3) is 0 Å². The van der Waals surface area contributed by atoms with Gasteiger partial charge < -0.3 is 15.0 Å². The lowest BCUT2D eigenvalue weighted by Gasteiger charge is -2.39. The van der Waals surface area contributed by atoms with Crippen molar-refractivity contribution in [1.29, 1.82) is 0 Å². The van der Waals surface area contributed by atoms with Crippen molar-refractivity contribution in [1.82, 2.24) is 15.2 Å². The summed E-state index contributed by atoms with van der Waals surface area (Å²) in [5, 5.41) is 3.23. The molecule has 1 N–H and O–H groups in total. The Morgan fingerprint density at radius 2 is 2.13 bits per heavy atom. The van der Waals surface area contributed by atoms with Crippen LogP contribution in [0.2, 0.25) is 0 Å². The number of aliphatic imine (C=N–C) groups is 1. The van der Waals surface area contributed by atoms with Crippen molar-refractivity contribution in [2.75, 3.05) is 25.4 Å². The molecule has 2 aromatic rings. The maximum absolute atomic E-state index is 13.5. The second-order valence-corrected chi connectivity index (χ2v) is 10.4. The van der Waals surface area contributed by atoms with Crippen LogP contribution in [0.1, 0.15) is 26.3 Å². The molecule has 1 aromatic heterocycles. The Labute approximate surface area is 176 Å². The number of pyridine rings is 1. The summed E-state index contributed by atoms with van der Waals surface area (Å²) in [6, 6.07) is 9.50. The SMILES string of the molecule is CCNC(=NCc1cccnc1Oc1cccc(F)c1)N1CCS(=O)(=O)C(C)(C)C1. The summed E-state index contributed by atoms with van der Waals surface area (Å²) < 4.78 is 43.0. The zero-order valence-electron chi connectivity index (χ0n) is 17.4. The number of ether oxygens (including phenoxy) is 1. The third-order valence-electron chi connectivity index (χ3n) is 4.94. The molecule has 162 valence electrons. The highest BCUT2D eigenvalue weighted by molar-refractivity contribution is 7.92. The van der Waals surface area contributed by atoms with Crippen LogP contribution in [-0.4, -0.2) is 54.4 Å². The molecule has 0 bridgehead atoms. The van der Waals surface area contributed by atoms with Crippen molar-refractivity contribution < 1.29 is 17.5 Å². The lowest BCUT2D eigenvalue weighted by molar-refractivity contribution is 0.353. The Hall–Kier alpha value is -2.68. The van der Waals surface area contributed by atoms with Crippen LogP contribution in [-0.2, 0) is 16.4 Å². The van der Waals surface area contributed by atoms with E-state index < -0.39 is 14.6 Å². The van der Waals surface area contributed by atoms with Crippen molar-refractivity contribution in [3.8, 4) is 11.6 Å². The number of rotatable bonds is 5. The fourth-order valence-corrected chi connectivity index (χ4v) is 4.55. The van der Waals surface area contributed by atoms with Gasteiger partial charge in [-0.05, 0) is 39.0 Å². The predicted octanol–water partition coefficient (Wildman–Crippen LogP) is 2.99. The molecule has 9 heteroatoms. The number of nitrogens with zero attached hydrogens (tertiary/aromatic N) is 3. The van der Waals surface area contributed by atoms with Crippen molar-refractivity contribution in [2.45, 2.75) is 32.1 Å². The Balaban J connectivity index is 1.80. The van der Waals surface area contributed by atoms with E-state index in [1.165, 1.54) is 12.1 Å². The summed E-state index contributed by atoms with van der Waals surface area (Å²) in [7, 11) is -3.14. The summed E-state index contributed by atoms with van der Waals surface area (Å²) >= 11 is 0. The fraction of sp³-hybridized carbons (Fsp3) is 0.429. The Kier molecular flexibility index (Phi) is 6.60. The first-order valence-electron chi connectivity index (χ1n) is 9.85. The zero-order chi connectivity index (χ0) is 21.8. The monoisotopic (exact) mass is 434 g/mol. The van der Waals surface area contributed by atoms with E-state index in [0.29, 0.717) is 37.2 Å². The Bertz CT molecular complexity index is 1020. The van der Waals surface area contributed by atoms with Crippen LogP contribution in [0.4, 0.5) is 4.39 Å². The molecule has 2 heterocycles. The van der Waals surface area contributed by atoms with Gasteiger partial charge in [-0.1, -0.05) is 12.1 Å². The Morgan fingerprint density at radius 1 is 1.33 bits per heavy atom. The molecule has 0 spiro atoms. The molecular weight excluding hydrogens is 407 g/mol. The van der Waals surface area contributed by atoms with Gasteiger partial charge in [-0.2, -0.15) is 0 Å². The van der Waals surface area contributed by atoms with Crippen LogP contribution in [0.25, 0.3) is 0 Å². The van der Waals surface area contributed by atoms with E-state index >= 15 is 0 Å². The number of benzene rings is 1. The van der Waals surface area contributed by atoms with Gasteiger partial charge in [0.2, 0.25) is 5.88 Å². The molecule has 0 saturated carbocycles. The summed E-state index contributed by atoms with van der Waals surface area (Å²) in [5.74, 6) is 1.05. The zero-order valence-corrected chi connectivity index (χ0v) is 18.2. The number of hydrogen-bond acceptors (Lipinski definition) is 5. The van der Waals surface area contributed by atoms with Gasteiger partial charge in [0.05, 0.1) is 17.0 Å². The van der Waals surface area contributed by atoms with Gasteiger partial charge in [-0.3, -0.25) is 0 Å². The van der Waals surface area contributed by atoms with E-state index in [1.54, 1.807) is 38.2 Å². The average molecular weight is 435 g/mol. The van der Waals surface area contributed by atoms with Gasteiger partial charge in [-0.25, -0.2) is 22.8 Å². The summed E-state index contributed by atoms with van der Waals surface area (Å²) in [5.41, 5.74) is 0.737. The van der Waals surface area contributed by atoms with Crippen molar-refractivity contribution in [3.63, 3.8) is 0 Å². The number of sulfone groups is 1.